The number of hydroxylamine groups is 1. The van der Waals surface area contributed by atoms with Crippen LogP contribution in [-0.4, -0.2) is 38.0 Å². The number of rotatable bonds is 2. The lowest BCUT2D eigenvalue weighted by atomic mass is 9.78. The van der Waals surface area contributed by atoms with E-state index in [1.54, 1.807) is 52.0 Å². The summed E-state index contributed by atoms with van der Waals surface area (Å²) in [6.07, 6.45) is 3.12. The highest BCUT2D eigenvalue weighted by molar-refractivity contribution is 6.50. The predicted octanol–water partition coefficient (Wildman–Crippen LogP) is 4.11. The highest BCUT2D eigenvalue weighted by atomic mass is 16.5. The highest BCUT2D eigenvalue weighted by Gasteiger charge is 2.68. The number of ketones is 2. The second-order valence-corrected chi connectivity index (χ2v) is 10.2. The molecular weight excluding hydrogens is 380 g/mol. The van der Waals surface area contributed by atoms with Crippen LogP contribution in [0, 0.1) is 22.5 Å². The summed E-state index contributed by atoms with van der Waals surface area (Å²) in [7, 11) is 0. The molecule has 1 aliphatic carbocycles. The van der Waals surface area contributed by atoms with Gasteiger partial charge in [-0.3, -0.25) is 9.59 Å². The van der Waals surface area contributed by atoms with Crippen LogP contribution in [0.25, 0.3) is 5.57 Å². The van der Waals surface area contributed by atoms with Crippen LogP contribution in [0.5, 0.6) is 0 Å². The van der Waals surface area contributed by atoms with Gasteiger partial charge in [-0.2, -0.15) is 0 Å². The van der Waals surface area contributed by atoms with Gasteiger partial charge in [0.25, 0.3) is 5.54 Å². The highest BCUT2D eigenvalue weighted by Crippen LogP contribution is 2.37. The van der Waals surface area contributed by atoms with E-state index in [1.165, 1.54) is 6.08 Å². The molecule has 1 heterocycles. The molecule has 0 aromatic heterocycles. The molecule has 0 saturated carbocycles. The van der Waals surface area contributed by atoms with Crippen LogP contribution in [0.4, 0.5) is 0 Å². The van der Waals surface area contributed by atoms with Crippen molar-refractivity contribution in [2.75, 3.05) is 0 Å². The van der Waals surface area contributed by atoms with Crippen molar-refractivity contribution in [1.29, 1.82) is 0 Å². The Morgan fingerprint density at radius 2 is 1.57 bits per heavy atom. The zero-order valence-corrected chi connectivity index (χ0v) is 18.9. The Balaban J connectivity index is 2.10. The number of benzene rings is 1. The number of hydrogen-bond acceptors (Lipinski definition) is 4. The van der Waals surface area contributed by atoms with Gasteiger partial charge in [0, 0.05) is 38.2 Å². The maximum atomic E-state index is 12.9. The maximum Gasteiger partial charge on any atom is 0.504 e. The second-order valence-electron chi connectivity index (χ2n) is 10.2. The molecule has 1 aromatic rings. The zero-order chi connectivity index (χ0) is 22.8. The molecule has 0 atom stereocenters. The SMILES string of the molecule is Cc1cc(C2=[N+]([O-])C(C)(C)C(C)(C)[N+]2=O)ccc1C1=CC(=O)C(=O)C(C(C)(C)C)=C1. The number of amidine groups is 1. The Labute approximate surface area is 177 Å². The molecule has 0 spiro atoms. The van der Waals surface area contributed by atoms with Crippen LogP contribution in [0.2, 0.25) is 0 Å². The number of allylic oxidation sites excluding steroid dienone is 4. The van der Waals surface area contributed by atoms with Gasteiger partial charge < -0.3 is 5.21 Å². The van der Waals surface area contributed by atoms with E-state index in [4.69, 9.17) is 0 Å². The minimum absolute atomic E-state index is 0.0782. The van der Waals surface area contributed by atoms with E-state index in [0.717, 1.165) is 20.6 Å². The van der Waals surface area contributed by atoms with E-state index < -0.39 is 28.1 Å². The van der Waals surface area contributed by atoms with Gasteiger partial charge >= 0.3 is 5.84 Å². The minimum Gasteiger partial charge on any atom is -0.618 e. The summed E-state index contributed by atoms with van der Waals surface area (Å²) >= 11 is 0. The molecule has 2 aliphatic rings. The van der Waals surface area contributed by atoms with Crippen molar-refractivity contribution in [3.63, 3.8) is 0 Å². The first-order valence-corrected chi connectivity index (χ1v) is 10.1. The Bertz CT molecular complexity index is 1090. The summed E-state index contributed by atoms with van der Waals surface area (Å²) < 4.78 is 1.57. The Morgan fingerprint density at radius 1 is 0.967 bits per heavy atom. The van der Waals surface area contributed by atoms with Crippen LogP contribution >= 0.6 is 0 Å². The van der Waals surface area contributed by atoms with Crippen LogP contribution < -0.4 is 0 Å². The summed E-state index contributed by atoms with van der Waals surface area (Å²) in [5.41, 5.74) is 1.01. The second kappa shape index (κ2) is 6.56. The molecule has 0 bridgehead atoms. The van der Waals surface area contributed by atoms with Gasteiger partial charge in [-0.05, 0) is 53.3 Å². The average molecular weight is 410 g/mol. The van der Waals surface area contributed by atoms with Crippen molar-refractivity contribution in [2.24, 2.45) is 5.41 Å². The minimum atomic E-state index is -0.889. The predicted molar refractivity (Wildman–Crippen MR) is 116 cm³/mol. The van der Waals surface area contributed by atoms with Crippen LogP contribution in [0.15, 0.2) is 35.9 Å². The fourth-order valence-corrected chi connectivity index (χ4v) is 3.78. The fraction of sp³-hybridized carbons (Fsp3) is 0.458. The Morgan fingerprint density at radius 3 is 2.03 bits per heavy atom. The van der Waals surface area contributed by atoms with Crippen LogP contribution in [0.1, 0.15) is 65.2 Å². The van der Waals surface area contributed by atoms with Crippen molar-refractivity contribution < 1.29 is 19.1 Å². The monoisotopic (exact) mass is 409 g/mol. The van der Waals surface area contributed by atoms with E-state index in [0.29, 0.717) is 16.7 Å². The number of carbonyl (C=O) groups is 2. The molecule has 158 valence electrons. The molecule has 3 rings (SSSR count). The largest absolute Gasteiger partial charge is 0.618 e. The molecule has 0 saturated heterocycles. The number of aryl methyl sites for hydroxylation is 1. The molecule has 30 heavy (non-hydrogen) atoms. The van der Waals surface area contributed by atoms with Gasteiger partial charge in [-0.1, -0.05) is 26.8 Å². The van der Waals surface area contributed by atoms with E-state index in [9.17, 15) is 19.7 Å². The lowest BCUT2D eigenvalue weighted by Gasteiger charge is -2.24. The van der Waals surface area contributed by atoms with Gasteiger partial charge in [0.05, 0.1) is 0 Å². The first kappa shape index (κ1) is 21.8. The third-order valence-corrected chi connectivity index (χ3v) is 6.56. The summed E-state index contributed by atoms with van der Waals surface area (Å²) in [5.74, 6) is -0.934. The fourth-order valence-electron chi connectivity index (χ4n) is 3.78. The Hall–Kier alpha value is -2.89. The number of nitroso groups, excluding NO2 is 1. The van der Waals surface area contributed by atoms with Gasteiger partial charge in [-0.25, -0.2) is 0 Å². The molecule has 0 amide bonds. The third kappa shape index (κ3) is 3.06. The quantitative estimate of drug-likeness (QED) is 0.319. The molecule has 6 heteroatoms. The summed E-state index contributed by atoms with van der Waals surface area (Å²) in [4.78, 5) is 37.5. The van der Waals surface area contributed by atoms with Crippen LogP contribution in [0.3, 0.4) is 0 Å². The molecule has 1 aliphatic heterocycles. The number of carbonyl (C=O) groups excluding carboxylic acids is 2. The lowest BCUT2D eigenvalue weighted by Crippen LogP contribution is -2.50. The molecule has 0 radical (unpaired) electrons. The van der Waals surface area contributed by atoms with E-state index in [-0.39, 0.29) is 5.84 Å². The summed E-state index contributed by atoms with van der Waals surface area (Å²) in [5, 5.41) is 12.9. The van der Waals surface area contributed by atoms with Gasteiger partial charge in [-0.15, -0.1) is 4.74 Å². The average Bonchev–Trinajstić information content (AvgIpc) is 2.73. The lowest BCUT2D eigenvalue weighted by molar-refractivity contribution is -0.555. The molecule has 6 nitrogen and oxygen atoms in total. The van der Waals surface area contributed by atoms with Crippen LogP contribution in [-0.2, 0) is 9.59 Å². The van der Waals surface area contributed by atoms with Crippen molar-refractivity contribution in [3.05, 3.63) is 62.7 Å². The molecule has 1 aromatic carbocycles. The van der Waals surface area contributed by atoms with E-state index in [1.807, 2.05) is 27.7 Å². The van der Waals surface area contributed by atoms with Gasteiger partial charge in [0.15, 0.2) is 0 Å². The van der Waals surface area contributed by atoms with E-state index >= 15 is 0 Å². The van der Waals surface area contributed by atoms with Crippen molar-refractivity contribution >= 4 is 23.0 Å². The third-order valence-electron chi connectivity index (χ3n) is 6.56. The molecule has 0 unspecified atom stereocenters. The van der Waals surface area contributed by atoms with Crippen molar-refractivity contribution in [3.8, 4) is 0 Å². The standard InChI is InChI=1S/C24H29N2O4/c1-14-11-15(21-25(29)23(5,6)24(7,8)26(21)30)9-10-17(14)16-12-18(22(2,3)4)20(28)19(27)13-16/h9-13H,1-8H3/q+1. The zero-order valence-electron chi connectivity index (χ0n) is 18.9. The number of nitrogens with zero attached hydrogens (tertiary/aromatic N) is 2. The summed E-state index contributed by atoms with van der Waals surface area (Å²) in [6.45, 7) is 14.6. The van der Waals surface area contributed by atoms with Gasteiger partial charge in [0.1, 0.15) is 10.3 Å². The first-order valence-electron chi connectivity index (χ1n) is 10.1. The first-order chi connectivity index (χ1) is 13.6. The topological polar surface area (TPSA) is 80.3 Å². The number of hydrogen-bond donors (Lipinski definition) is 0. The van der Waals surface area contributed by atoms with Crippen molar-refractivity contribution in [2.45, 2.75) is 66.5 Å². The smallest absolute Gasteiger partial charge is 0.504 e. The van der Waals surface area contributed by atoms with Crippen molar-refractivity contribution in [1.82, 2.24) is 0 Å². The van der Waals surface area contributed by atoms with Gasteiger partial charge in [0.2, 0.25) is 17.1 Å². The summed E-state index contributed by atoms with van der Waals surface area (Å²) in [6, 6.07) is 5.30. The maximum absolute atomic E-state index is 12.9. The molecule has 0 N–H and O–H groups in total. The molecule has 0 fully saturated rings. The van der Waals surface area contributed by atoms with E-state index in [2.05, 4.69) is 0 Å². The molecular formula is C24H29N2O4+. The number of Topliss-reactive ketones (excluding diaryl/α,β-unsaturated/α-hetero) is 1. The Kier molecular flexibility index (Phi) is 4.77. The normalized spacial score (nSPS) is 21.1.